The van der Waals surface area contributed by atoms with Crippen LogP contribution in [0.1, 0.15) is 37.7 Å². The lowest BCUT2D eigenvalue weighted by Crippen LogP contribution is -2.61. The molecular formula is C21H27F3N2O2. The van der Waals surface area contributed by atoms with Crippen molar-refractivity contribution >= 4 is 5.91 Å². The third-order valence-electron chi connectivity index (χ3n) is 6.54. The van der Waals surface area contributed by atoms with E-state index in [0.29, 0.717) is 13.2 Å². The smallest absolute Gasteiger partial charge is 0.374 e. The number of benzene rings is 1. The molecule has 154 valence electrons. The normalized spacial score (nSPS) is 31.6. The average Bonchev–Trinajstić information content (AvgIpc) is 3.13. The largest absolute Gasteiger partial charge is 0.404 e. The van der Waals surface area contributed by atoms with Crippen molar-refractivity contribution in [1.82, 2.24) is 9.80 Å². The predicted octanol–water partition coefficient (Wildman–Crippen LogP) is 3.61. The Kier molecular flexibility index (Phi) is 5.40. The molecule has 1 amide bonds. The lowest BCUT2D eigenvalue weighted by molar-refractivity contribution is -0.229. The minimum Gasteiger partial charge on any atom is -0.374 e. The van der Waals surface area contributed by atoms with E-state index >= 15 is 0 Å². The van der Waals surface area contributed by atoms with Crippen LogP contribution in [0.3, 0.4) is 0 Å². The van der Waals surface area contributed by atoms with Crippen LogP contribution >= 0.6 is 0 Å². The highest BCUT2D eigenvalue weighted by atomic mass is 19.4. The fourth-order valence-corrected chi connectivity index (χ4v) is 5.02. The minimum atomic E-state index is -4.56. The fraction of sp³-hybridized carbons (Fsp3) is 0.667. The number of carbonyl (C=O) groups is 1. The van der Waals surface area contributed by atoms with Gasteiger partial charge in [0.15, 0.2) is 5.41 Å². The van der Waals surface area contributed by atoms with Crippen molar-refractivity contribution in [2.24, 2.45) is 5.41 Å². The van der Waals surface area contributed by atoms with E-state index in [1.54, 1.807) is 4.90 Å². The molecule has 3 aliphatic rings. The van der Waals surface area contributed by atoms with Gasteiger partial charge in [0.05, 0.1) is 18.8 Å². The molecule has 1 aromatic carbocycles. The van der Waals surface area contributed by atoms with Crippen LogP contribution in [-0.2, 0) is 16.1 Å². The number of hydrogen-bond donors (Lipinski definition) is 0. The molecular weight excluding hydrogens is 369 g/mol. The van der Waals surface area contributed by atoms with Crippen molar-refractivity contribution < 1.29 is 22.7 Å². The SMILES string of the molecule is O=C(N1CCO[C@@H]2CCCC[C@@H]21)[C@]1(C(F)(F)F)CCN(Cc2ccccc2)C1. The summed E-state index contributed by atoms with van der Waals surface area (Å²) >= 11 is 0. The number of morpholine rings is 1. The topological polar surface area (TPSA) is 32.8 Å². The van der Waals surface area contributed by atoms with Gasteiger partial charge < -0.3 is 9.64 Å². The van der Waals surface area contributed by atoms with E-state index in [1.165, 1.54) is 4.90 Å². The first kappa shape index (κ1) is 19.7. The van der Waals surface area contributed by atoms with E-state index in [1.807, 2.05) is 30.3 Å². The van der Waals surface area contributed by atoms with Gasteiger partial charge in [-0.3, -0.25) is 9.69 Å². The highest BCUT2D eigenvalue weighted by Crippen LogP contribution is 2.48. The van der Waals surface area contributed by atoms with E-state index < -0.39 is 17.5 Å². The summed E-state index contributed by atoms with van der Waals surface area (Å²) in [5.74, 6) is -0.740. The molecule has 3 atom stereocenters. The number of halogens is 3. The first-order chi connectivity index (χ1) is 13.4. The highest BCUT2D eigenvalue weighted by Gasteiger charge is 2.64. The number of ether oxygens (including phenoxy) is 1. The standard InChI is InChI=1S/C21H27F3N2O2/c22-21(23,24)20(10-11-25(15-20)14-16-6-2-1-3-7-16)19(27)26-12-13-28-18-9-5-4-8-17(18)26/h1-3,6-7,17-18H,4-5,8-15H2/t17-,18+,20-/m0/s1. The number of nitrogens with zero attached hydrogens (tertiary/aromatic N) is 2. The Morgan fingerprint density at radius 3 is 2.64 bits per heavy atom. The van der Waals surface area contributed by atoms with Crippen molar-refractivity contribution in [2.75, 3.05) is 26.2 Å². The molecule has 2 heterocycles. The molecule has 2 aliphatic heterocycles. The highest BCUT2D eigenvalue weighted by molar-refractivity contribution is 5.85. The molecule has 28 heavy (non-hydrogen) atoms. The Hall–Kier alpha value is -1.60. The monoisotopic (exact) mass is 396 g/mol. The zero-order valence-corrected chi connectivity index (χ0v) is 16.0. The molecule has 7 heteroatoms. The Balaban J connectivity index is 1.55. The van der Waals surface area contributed by atoms with Crippen molar-refractivity contribution in [3.8, 4) is 0 Å². The molecule has 0 aromatic heterocycles. The van der Waals surface area contributed by atoms with Crippen LogP contribution in [0.15, 0.2) is 30.3 Å². The molecule has 3 fully saturated rings. The lowest BCUT2D eigenvalue weighted by Gasteiger charge is -2.47. The van der Waals surface area contributed by atoms with Gasteiger partial charge in [-0.2, -0.15) is 13.2 Å². The second-order valence-electron chi connectivity index (χ2n) is 8.29. The maximum absolute atomic E-state index is 14.3. The quantitative estimate of drug-likeness (QED) is 0.783. The third kappa shape index (κ3) is 3.54. The molecule has 4 nitrogen and oxygen atoms in total. The summed E-state index contributed by atoms with van der Waals surface area (Å²) in [7, 11) is 0. The summed E-state index contributed by atoms with van der Waals surface area (Å²) in [6.45, 7) is 1.03. The molecule has 0 N–H and O–H groups in total. The Morgan fingerprint density at radius 2 is 1.89 bits per heavy atom. The van der Waals surface area contributed by atoms with Crippen molar-refractivity contribution in [2.45, 2.75) is 57.0 Å². The van der Waals surface area contributed by atoms with Gasteiger partial charge in [0, 0.05) is 19.6 Å². The van der Waals surface area contributed by atoms with Gasteiger partial charge >= 0.3 is 6.18 Å². The van der Waals surface area contributed by atoms with Crippen LogP contribution in [0.4, 0.5) is 13.2 Å². The second-order valence-corrected chi connectivity index (χ2v) is 8.29. The molecule has 4 rings (SSSR count). The molecule has 1 aliphatic carbocycles. The van der Waals surface area contributed by atoms with Gasteiger partial charge in [0.25, 0.3) is 0 Å². The zero-order valence-electron chi connectivity index (χ0n) is 16.0. The zero-order chi connectivity index (χ0) is 19.8. The number of fused-ring (bicyclic) bond motifs is 1. The van der Waals surface area contributed by atoms with Crippen LogP contribution in [0.25, 0.3) is 0 Å². The number of hydrogen-bond acceptors (Lipinski definition) is 3. The van der Waals surface area contributed by atoms with Crippen LogP contribution in [-0.4, -0.2) is 60.3 Å². The van der Waals surface area contributed by atoms with Crippen molar-refractivity contribution in [3.05, 3.63) is 35.9 Å². The van der Waals surface area contributed by atoms with Gasteiger partial charge in [-0.25, -0.2) is 0 Å². The van der Waals surface area contributed by atoms with E-state index in [4.69, 9.17) is 4.74 Å². The Labute approximate surface area is 163 Å². The van der Waals surface area contributed by atoms with E-state index in [0.717, 1.165) is 31.2 Å². The van der Waals surface area contributed by atoms with Crippen LogP contribution in [0.2, 0.25) is 0 Å². The Morgan fingerprint density at radius 1 is 1.14 bits per heavy atom. The number of rotatable bonds is 3. The van der Waals surface area contributed by atoms with E-state index in [9.17, 15) is 18.0 Å². The third-order valence-corrected chi connectivity index (χ3v) is 6.54. The first-order valence-corrected chi connectivity index (χ1v) is 10.2. The number of alkyl halides is 3. The van der Waals surface area contributed by atoms with Crippen molar-refractivity contribution in [1.29, 1.82) is 0 Å². The molecule has 0 radical (unpaired) electrons. The van der Waals surface area contributed by atoms with Gasteiger partial charge in [-0.1, -0.05) is 43.2 Å². The van der Waals surface area contributed by atoms with Gasteiger partial charge in [0.2, 0.25) is 5.91 Å². The van der Waals surface area contributed by atoms with Crippen molar-refractivity contribution in [3.63, 3.8) is 0 Å². The predicted molar refractivity (Wildman–Crippen MR) is 98.5 cm³/mol. The first-order valence-electron chi connectivity index (χ1n) is 10.2. The molecule has 0 spiro atoms. The fourth-order valence-electron chi connectivity index (χ4n) is 5.02. The molecule has 0 bridgehead atoms. The molecule has 2 saturated heterocycles. The Bertz CT molecular complexity index is 695. The summed E-state index contributed by atoms with van der Waals surface area (Å²) in [4.78, 5) is 16.6. The molecule has 1 aromatic rings. The van der Waals surface area contributed by atoms with Crippen LogP contribution in [0, 0.1) is 5.41 Å². The van der Waals surface area contributed by atoms with Gasteiger partial charge in [0.1, 0.15) is 0 Å². The number of carbonyl (C=O) groups excluding carboxylic acids is 1. The summed E-state index contributed by atoms with van der Waals surface area (Å²) in [6, 6.07) is 9.25. The maximum Gasteiger partial charge on any atom is 0.404 e. The molecule has 0 unspecified atom stereocenters. The second kappa shape index (κ2) is 7.67. The van der Waals surface area contributed by atoms with Gasteiger partial charge in [-0.15, -0.1) is 0 Å². The summed E-state index contributed by atoms with van der Waals surface area (Å²) < 4.78 is 48.5. The average molecular weight is 396 g/mol. The molecule has 1 saturated carbocycles. The number of likely N-dealkylation sites (tertiary alicyclic amines) is 1. The number of amides is 1. The van der Waals surface area contributed by atoms with E-state index in [-0.39, 0.29) is 38.2 Å². The van der Waals surface area contributed by atoms with Gasteiger partial charge in [-0.05, 0) is 31.4 Å². The summed E-state index contributed by atoms with van der Waals surface area (Å²) in [5.41, 5.74) is -1.34. The van der Waals surface area contributed by atoms with Crippen LogP contribution in [0.5, 0.6) is 0 Å². The van der Waals surface area contributed by atoms with Crippen LogP contribution < -0.4 is 0 Å². The summed E-state index contributed by atoms with van der Waals surface area (Å²) in [6.07, 6.45) is -1.33. The van der Waals surface area contributed by atoms with E-state index in [2.05, 4.69) is 0 Å². The maximum atomic E-state index is 14.3. The summed E-state index contributed by atoms with van der Waals surface area (Å²) in [5, 5.41) is 0. The lowest BCUT2D eigenvalue weighted by atomic mass is 9.82. The minimum absolute atomic E-state index is 0.112.